The molecule has 4 nitrogen and oxygen atoms in total. The fourth-order valence-corrected chi connectivity index (χ4v) is 1.38. The van der Waals surface area contributed by atoms with E-state index in [9.17, 15) is 0 Å². The van der Waals surface area contributed by atoms with Crippen LogP contribution in [0.3, 0.4) is 0 Å². The Morgan fingerprint density at radius 3 is 3.15 bits per heavy atom. The minimum atomic E-state index is 0.233. The van der Waals surface area contributed by atoms with Crippen LogP contribution in [0.1, 0.15) is 6.42 Å². The smallest absolute Gasteiger partial charge is 0.224 e. The molecule has 0 aromatic carbocycles. The third-order valence-electron chi connectivity index (χ3n) is 2.12. The van der Waals surface area contributed by atoms with Crippen molar-refractivity contribution < 1.29 is 5.11 Å². The molecule has 1 saturated carbocycles. The highest BCUT2D eigenvalue weighted by Crippen LogP contribution is 2.32. The predicted octanol–water partition coefficient (Wildman–Crippen LogP) is 0.923. The van der Waals surface area contributed by atoms with Gasteiger partial charge in [0.1, 0.15) is 5.82 Å². The van der Waals surface area contributed by atoms with Crippen LogP contribution in [-0.2, 0) is 0 Å². The van der Waals surface area contributed by atoms with Crippen molar-refractivity contribution >= 4 is 17.4 Å². The van der Waals surface area contributed by atoms with Crippen molar-refractivity contribution in [3.63, 3.8) is 0 Å². The topological polar surface area (TPSA) is 58.0 Å². The quantitative estimate of drug-likeness (QED) is 0.711. The minimum absolute atomic E-state index is 0.233. The van der Waals surface area contributed by atoms with Crippen molar-refractivity contribution in [3.05, 3.63) is 17.5 Å². The molecule has 0 bridgehead atoms. The van der Waals surface area contributed by atoms with Crippen LogP contribution in [0, 0.1) is 5.92 Å². The van der Waals surface area contributed by atoms with Gasteiger partial charge in [0, 0.05) is 24.8 Å². The molecule has 0 spiro atoms. The summed E-state index contributed by atoms with van der Waals surface area (Å²) in [5, 5.41) is 12.2. The Kier molecular flexibility index (Phi) is 2.33. The summed E-state index contributed by atoms with van der Waals surface area (Å²) in [7, 11) is 0. The van der Waals surface area contributed by atoms with E-state index >= 15 is 0 Å². The standard InChI is InChI=1S/C8H10ClN3O/c9-8-10-2-1-7(12-8)11-6-3-5(6)4-13/h1-2,5-6,13H,3-4H2,(H,10,11,12). The number of aromatic nitrogens is 2. The van der Waals surface area contributed by atoms with Gasteiger partial charge in [-0.2, -0.15) is 0 Å². The van der Waals surface area contributed by atoms with Gasteiger partial charge in [-0.3, -0.25) is 0 Å². The maximum absolute atomic E-state index is 8.81. The second-order valence-corrected chi connectivity index (χ2v) is 3.48. The van der Waals surface area contributed by atoms with Gasteiger partial charge < -0.3 is 10.4 Å². The molecule has 1 fully saturated rings. The largest absolute Gasteiger partial charge is 0.396 e. The van der Waals surface area contributed by atoms with Crippen molar-refractivity contribution in [2.45, 2.75) is 12.5 Å². The van der Waals surface area contributed by atoms with Gasteiger partial charge in [0.2, 0.25) is 5.28 Å². The van der Waals surface area contributed by atoms with Gasteiger partial charge in [0.15, 0.2) is 0 Å². The Balaban J connectivity index is 1.95. The molecule has 1 heterocycles. The van der Waals surface area contributed by atoms with Gasteiger partial charge in [-0.15, -0.1) is 0 Å². The molecule has 0 aliphatic heterocycles. The molecular formula is C8H10ClN3O. The number of aliphatic hydroxyl groups excluding tert-OH is 1. The molecule has 2 unspecified atom stereocenters. The molecule has 0 radical (unpaired) electrons. The molecule has 1 aliphatic carbocycles. The first-order valence-electron chi connectivity index (χ1n) is 4.15. The molecule has 0 saturated heterocycles. The fraction of sp³-hybridized carbons (Fsp3) is 0.500. The van der Waals surface area contributed by atoms with Crippen LogP contribution in [0.5, 0.6) is 0 Å². The molecule has 2 N–H and O–H groups in total. The highest BCUT2D eigenvalue weighted by molar-refractivity contribution is 6.28. The Morgan fingerprint density at radius 2 is 2.54 bits per heavy atom. The van der Waals surface area contributed by atoms with Gasteiger partial charge in [0.05, 0.1) is 0 Å². The first kappa shape index (κ1) is 8.72. The highest BCUT2D eigenvalue weighted by Gasteiger charge is 2.36. The second kappa shape index (κ2) is 3.47. The summed E-state index contributed by atoms with van der Waals surface area (Å²) < 4.78 is 0. The second-order valence-electron chi connectivity index (χ2n) is 3.14. The summed E-state index contributed by atoms with van der Waals surface area (Å²) in [6.45, 7) is 0.233. The van der Waals surface area contributed by atoms with Crippen LogP contribution in [0.15, 0.2) is 12.3 Å². The summed E-state index contributed by atoms with van der Waals surface area (Å²) in [6, 6.07) is 2.11. The number of aliphatic hydroxyl groups is 1. The van der Waals surface area contributed by atoms with Gasteiger partial charge in [-0.25, -0.2) is 9.97 Å². The number of anilines is 1. The number of nitrogens with zero attached hydrogens (tertiary/aromatic N) is 2. The van der Waals surface area contributed by atoms with E-state index in [4.69, 9.17) is 16.7 Å². The SMILES string of the molecule is OCC1CC1Nc1ccnc(Cl)n1. The van der Waals surface area contributed by atoms with E-state index in [1.54, 1.807) is 12.3 Å². The molecule has 1 aromatic heterocycles. The molecule has 13 heavy (non-hydrogen) atoms. The van der Waals surface area contributed by atoms with Crippen LogP contribution in [0.2, 0.25) is 5.28 Å². The summed E-state index contributed by atoms with van der Waals surface area (Å²) in [5.74, 6) is 1.09. The van der Waals surface area contributed by atoms with E-state index in [1.807, 2.05) is 0 Å². The van der Waals surface area contributed by atoms with Crippen LogP contribution in [-0.4, -0.2) is 27.7 Å². The van der Waals surface area contributed by atoms with Gasteiger partial charge >= 0.3 is 0 Å². The Bertz CT molecular complexity index is 307. The molecule has 2 rings (SSSR count). The van der Waals surface area contributed by atoms with E-state index < -0.39 is 0 Å². The van der Waals surface area contributed by atoms with Gasteiger partial charge in [0.25, 0.3) is 0 Å². The zero-order chi connectivity index (χ0) is 9.26. The van der Waals surface area contributed by atoms with Crippen molar-refractivity contribution in [2.24, 2.45) is 5.92 Å². The number of hydrogen-bond donors (Lipinski definition) is 2. The monoisotopic (exact) mass is 199 g/mol. The first-order chi connectivity index (χ1) is 6.29. The van der Waals surface area contributed by atoms with Crippen molar-refractivity contribution in [3.8, 4) is 0 Å². The summed E-state index contributed by atoms with van der Waals surface area (Å²) in [6.07, 6.45) is 2.60. The third kappa shape index (κ3) is 2.08. The number of nitrogens with one attached hydrogen (secondary N) is 1. The van der Waals surface area contributed by atoms with E-state index in [2.05, 4.69) is 15.3 Å². The Labute approximate surface area is 81.0 Å². The fourth-order valence-electron chi connectivity index (χ4n) is 1.23. The van der Waals surface area contributed by atoms with E-state index in [0.717, 1.165) is 12.2 Å². The van der Waals surface area contributed by atoms with Crippen LogP contribution < -0.4 is 5.32 Å². The normalized spacial score (nSPS) is 25.7. The lowest BCUT2D eigenvalue weighted by Gasteiger charge is -2.02. The summed E-state index contributed by atoms with van der Waals surface area (Å²) in [4.78, 5) is 7.76. The number of halogens is 1. The van der Waals surface area contributed by atoms with E-state index in [-0.39, 0.29) is 11.9 Å². The van der Waals surface area contributed by atoms with Crippen molar-refractivity contribution in [2.75, 3.05) is 11.9 Å². The average molecular weight is 200 g/mol. The molecular weight excluding hydrogens is 190 g/mol. The summed E-state index contributed by atoms with van der Waals surface area (Å²) >= 11 is 5.61. The third-order valence-corrected chi connectivity index (χ3v) is 2.30. The van der Waals surface area contributed by atoms with Crippen LogP contribution >= 0.6 is 11.6 Å². The first-order valence-corrected chi connectivity index (χ1v) is 4.53. The van der Waals surface area contributed by atoms with Crippen molar-refractivity contribution in [1.29, 1.82) is 0 Å². The van der Waals surface area contributed by atoms with E-state index in [1.165, 1.54) is 0 Å². The average Bonchev–Trinajstić information content (AvgIpc) is 2.83. The van der Waals surface area contributed by atoms with E-state index in [0.29, 0.717) is 12.0 Å². The number of rotatable bonds is 3. The van der Waals surface area contributed by atoms with Crippen LogP contribution in [0.4, 0.5) is 5.82 Å². The number of hydrogen-bond acceptors (Lipinski definition) is 4. The minimum Gasteiger partial charge on any atom is -0.396 e. The van der Waals surface area contributed by atoms with Crippen molar-refractivity contribution in [1.82, 2.24) is 9.97 Å². The Hall–Kier alpha value is -0.870. The van der Waals surface area contributed by atoms with Crippen LogP contribution in [0.25, 0.3) is 0 Å². The molecule has 1 aromatic rings. The molecule has 0 amide bonds. The molecule has 1 aliphatic rings. The zero-order valence-electron chi connectivity index (χ0n) is 6.94. The predicted molar refractivity (Wildman–Crippen MR) is 49.6 cm³/mol. The summed E-state index contributed by atoms with van der Waals surface area (Å²) in [5.41, 5.74) is 0. The lowest BCUT2D eigenvalue weighted by Crippen LogP contribution is -2.07. The maximum Gasteiger partial charge on any atom is 0.224 e. The lowest BCUT2D eigenvalue weighted by atomic mass is 10.4. The lowest BCUT2D eigenvalue weighted by molar-refractivity contribution is 0.275. The molecule has 2 atom stereocenters. The van der Waals surface area contributed by atoms with Gasteiger partial charge in [-0.05, 0) is 24.1 Å². The molecule has 5 heteroatoms. The molecule has 70 valence electrons. The maximum atomic E-state index is 8.81. The zero-order valence-corrected chi connectivity index (χ0v) is 7.70. The van der Waals surface area contributed by atoms with Gasteiger partial charge in [-0.1, -0.05) is 0 Å². The Morgan fingerprint density at radius 1 is 1.69 bits per heavy atom. The highest BCUT2D eigenvalue weighted by atomic mass is 35.5.